The maximum Gasteiger partial charge on any atom is 0.341 e. The zero-order valence-electron chi connectivity index (χ0n) is 17.4. The molecule has 5 nitrogen and oxygen atoms in total. The molecule has 0 bridgehead atoms. The molecule has 1 N–H and O–H groups in total. The molecule has 0 atom stereocenters. The highest BCUT2D eigenvalue weighted by Gasteiger charge is 2.22. The molecular weight excluding hydrogens is 478 g/mol. The molecule has 0 radical (unpaired) electrons. The molecule has 0 saturated carbocycles. The number of benzene rings is 2. The largest absolute Gasteiger partial charge is 0.492 e. The van der Waals surface area contributed by atoms with E-state index in [0.717, 1.165) is 26.9 Å². The number of ether oxygens (including phenoxy) is 2. The van der Waals surface area contributed by atoms with Crippen molar-refractivity contribution in [1.82, 2.24) is 0 Å². The molecule has 1 aromatic heterocycles. The van der Waals surface area contributed by atoms with Gasteiger partial charge in [-0.05, 0) is 59.5 Å². The van der Waals surface area contributed by atoms with Crippen LogP contribution >= 0.6 is 27.3 Å². The number of halogens is 1. The summed E-state index contributed by atoms with van der Waals surface area (Å²) in [6.45, 7) is 4.45. The van der Waals surface area contributed by atoms with Crippen molar-refractivity contribution in [3.8, 4) is 16.9 Å². The van der Waals surface area contributed by atoms with Crippen molar-refractivity contribution in [2.24, 2.45) is 0 Å². The summed E-state index contributed by atoms with van der Waals surface area (Å²) in [5.74, 6) is 0.144. The number of nitrogens with one attached hydrogen (secondary N) is 1. The van der Waals surface area contributed by atoms with E-state index in [1.165, 1.54) is 11.3 Å². The molecule has 31 heavy (non-hydrogen) atoms. The first-order chi connectivity index (χ1) is 15.0. The Morgan fingerprint density at radius 3 is 2.61 bits per heavy atom. The maximum atomic E-state index is 12.6. The van der Waals surface area contributed by atoms with E-state index in [9.17, 15) is 9.59 Å². The molecule has 0 fully saturated rings. The van der Waals surface area contributed by atoms with Gasteiger partial charge < -0.3 is 14.8 Å². The SMILES string of the molecule is CCOC(=O)c1c(-c2ccccc2)csc1NC(=O)CCCOc1ccc(C)cc1Br. The number of amides is 1. The first-order valence-electron chi connectivity index (χ1n) is 10.0. The second kappa shape index (κ2) is 11.1. The minimum absolute atomic E-state index is 0.168. The summed E-state index contributed by atoms with van der Waals surface area (Å²) < 4.78 is 11.9. The molecule has 3 aromatic rings. The van der Waals surface area contributed by atoms with Crippen LogP contribution in [0.25, 0.3) is 11.1 Å². The van der Waals surface area contributed by atoms with Crippen molar-refractivity contribution in [2.75, 3.05) is 18.5 Å². The van der Waals surface area contributed by atoms with E-state index in [2.05, 4.69) is 21.2 Å². The standard InChI is InChI=1S/C24H24BrNO4S/c1-3-29-24(28)22-18(17-8-5-4-6-9-17)15-31-23(22)26-21(27)10-7-13-30-20-12-11-16(2)14-19(20)25/h4-6,8-9,11-12,14-15H,3,7,10,13H2,1-2H3,(H,26,27). The van der Waals surface area contributed by atoms with Crippen LogP contribution in [0.2, 0.25) is 0 Å². The second-order valence-electron chi connectivity index (χ2n) is 6.87. The molecule has 162 valence electrons. The summed E-state index contributed by atoms with van der Waals surface area (Å²) in [5, 5.41) is 5.25. The number of hydrogen-bond donors (Lipinski definition) is 1. The summed E-state index contributed by atoms with van der Waals surface area (Å²) in [5.41, 5.74) is 3.19. The van der Waals surface area contributed by atoms with Gasteiger partial charge in [-0.2, -0.15) is 0 Å². The average molecular weight is 502 g/mol. The van der Waals surface area contributed by atoms with Crippen molar-refractivity contribution >= 4 is 44.1 Å². The number of carbonyl (C=O) groups is 2. The highest BCUT2D eigenvalue weighted by Crippen LogP contribution is 2.36. The zero-order valence-corrected chi connectivity index (χ0v) is 19.8. The van der Waals surface area contributed by atoms with Gasteiger partial charge in [0.1, 0.15) is 16.3 Å². The average Bonchev–Trinajstić information content (AvgIpc) is 3.17. The molecule has 2 aromatic carbocycles. The third-order valence-electron chi connectivity index (χ3n) is 4.50. The normalized spacial score (nSPS) is 10.5. The van der Waals surface area contributed by atoms with E-state index in [0.29, 0.717) is 23.6 Å². The lowest BCUT2D eigenvalue weighted by Crippen LogP contribution is -2.15. The topological polar surface area (TPSA) is 64.6 Å². The van der Waals surface area contributed by atoms with Gasteiger partial charge in [-0.15, -0.1) is 11.3 Å². The predicted octanol–water partition coefficient (Wildman–Crippen LogP) is 6.46. The van der Waals surface area contributed by atoms with Gasteiger partial charge in [0.2, 0.25) is 5.91 Å². The predicted molar refractivity (Wildman–Crippen MR) is 128 cm³/mol. The number of hydrogen-bond acceptors (Lipinski definition) is 5. The minimum atomic E-state index is -0.439. The van der Waals surface area contributed by atoms with Crippen molar-refractivity contribution in [1.29, 1.82) is 0 Å². The van der Waals surface area contributed by atoms with E-state index in [1.54, 1.807) is 6.92 Å². The van der Waals surface area contributed by atoms with E-state index >= 15 is 0 Å². The highest BCUT2D eigenvalue weighted by molar-refractivity contribution is 9.10. The Labute approximate surface area is 194 Å². The molecule has 0 aliphatic rings. The van der Waals surface area contributed by atoms with Gasteiger partial charge >= 0.3 is 5.97 Å². The number of thiophene rings is 1. The Kier molecular flexibility index (Phi) is 8.26. The summed E-state index contributed by atoms with van der Waals surface area (Å²) in [6, 6.07) is 15.5. The van der Waals surface area contributed by atoms with Crippen LogP contribution in [-0.2, 0) is 9.53 Å². The van der Waals surface area contributed by atoms with Crippen LogP contribution in [0.1, 0.15) is 35.7 Å². The Morgan fingerprint density at radius 2 is 1.90 bits per heavy atom. The third-order valence-corrected chi connectivity index (χ3v) is 6.02. The lowest BCUT2D eigenvalue weighted by atomic mass is 10.0. The molecule has 7 heteroatoms. The van der Waals surface area contributed by atoms with E-state index in [-0.39, 0.29) is 18.9 Å². The van der Waals surface area contributed by atoms with Gasteiger partial charge in [0, 0.05) is 17.4 Å². The smallest absolute Gasteiger partial charge is 0.341 e. The lowest BCUT2D eigenvalue weighted by molar-refractivity contribution is -0.116. The molecular formula is C24H24BrNO4S. The molecule has 3 rings (SSSR count). The lowest BCUT2D eigenvalue weighted by Gasteiger charge is -2.10. The van der Waals surface area contributed by atoms with Gasteiger partial charge in [-0.1, -0.05) is 36.4 Å². The first kappa shape index (κ1) is 23.0. The molecule has 0 saturated heterocycles. The van der Waals surface area contributed by atoms with Gasteiger partial charge in [-0.3, -0.25) is 4.79 Å². The number of carbonyl (C=O) groups excluding carboxylic acids is 2. The van der Waals surface area contributed by atoms with Crippen molar-refractivity contribution in [3.05, 3.63) is 69.5 Å². The van der Waals surface area contributed by atoms with Crippen LogP contribution in [0.15, 0.2) is 58.4 Å². The fourth-order valence-corrected chi connectivity index (χ4v) is 4.59. The maximum absolute atomic E-state index is 12.6. The van der Waals surface area contributed by atoms with Gasteiger partial charge in [-0.25, -0.2) is 4.79 Å². The van der Waals surface area contributed by atoms with Gasteiger partial charge in [0.15, 0.2) is 0 Å². The van der Waals surface area contributed by atoms with E-state index < -0.39 is 5.97 Å². The van der Waals surface area contributed by atoms with Crippen LogP contribution in [0.3, 0.4) is 0 Å². The molecule has 1 amide bonds. The van der Waals surface area contributed by atoms with Gasteiger partial charge in [0.25, 0.3) is 0 Å². The van der Waals surface area contributed by atoms with Crippen LogP contribution < -0.4 is 10.1 Å². The molecule has 0 spiro atoms. The minimum Gasteiger partial charge on any atom is -0.492 e. The Morgan fingerprint density at radius 1 is 1.13 bits per heavy atom. The van der Waals surface area contributed by atoms with Crippen LogP contribution in [0.5, 0.6) is 5.75 Å². The monoisotopic (exact) mass is 501 g/mol. The highest BCUT2D eigenvalue weighted by atomic mass is 79.9. The van der Waals surface area contributed by atoms with Crippen molar-refractivity contribution in [2.45, 2.75) is 26.7 Å². The van der Waals surface area contributed by atoms with Crippen molar-refractivity contribution < 1.29 is 19.1 Å². The summed E-state index contributed by atoms with van der Waals surface area (Å²) in [7, 11) is 0. The van der Waals surface area contributed by atoms with Crippen LogP contribution in [-0.4, -0.2) is 25.1 Å². The first-order valence-corrected chi connectivity index (χ1v) is 11.7. The van der Waals surface area contributed by atoms with E-state index in [1.807, 2.05) is 60.8 Å². The summed E-state index contributed by atoms with van der Waals surface area (Å²) in [4.78, 5) is 25.1. The summed E-state index contributed by atoms with van der Waals surface area (Å²) in [6.07, 6.45) is 0.835. The number of anilines is 1. The Hall–Kier alpha value is -2.64. The number of aryl methyl sites for hydroxylation is 1. The molecule has 1 heterocycles. The quantitative estimate of drug-likeness (QED) is 0.270. The fraction of sp³-hybridized carbons (Fsp3) is 0.250. The van der Waals surface area contributed by atoms with Gasteiger partial charge in [0.05, 0.1) is 17.7 Å². The molecule has 0 aliphatic heterocycles. The molecule has 0 unspecified atom stereocenters. The Balaban J connectivity index is 1.62. The molecule has 0 aliphatic carbocycles. The zero-order chi connectivity index (χ0) is 22.2. The van der Waals surface area contributed by atoms with Crippen molar-refractivity contribution in [3.63, 3.8) is 0 Å². The number of esters is 1. The second-order valence-corrected chi connectivity index (χ2v) is 8.61. The van der Waals surface area contributed by atoms with Crippen LogP contribution in [0.4, 0.5) is 5.00 Å². The Bertz CT molecular complexity index is 1050. The fourth-order valence-electron chi connectivity index (χ4n) is 3.01. The third kappa shape index (κ3) is 6.18. The van der Waals surface area contributed by atoms with E-state index in [4.69, 9.17) is 9.47 Å². The van der Waals surface area contributed by atoms with Crippen LogP contribution in [0, 0.1) is 6.92 Å². The summed E-state index contributed by atoms with van der Waals surface area (Å²) >= 11 is 4.80. The number of rotatable bonds is 9.